The molecule has 0 bridgehead atoms. The second kappa shape index (κ2) is 7.44. The first kappa shape index (κ1) is 17.7. The van der Waals surface area contributed by atoms with Gasteiger partial charge in [0.25, 0.3) is 5.91 Å². The van der Waals surface area contributed by atoms with Crippen LogP contribution in [-0.2, 0) is 4.79 Å². The number of nitrogens with one attached hydrogen (secondary N) is 1. The fraction of sp³-hybridized carbons (Fsp3) is 0.118. The molecule has 0 unspecified atom stereocenters. The van der Waals surface area contributed by atoms with Crippen LogP contribution in [-0.4, -0.2) is 22.5 Å². The molecule has 1 amide bonds. The molecule has 25 heavy (non-hydrogen) atoms. The highest BCUT2D eigenvalue weighted by molar-refractivity contribution is 6.38. The maximum atomic E-state index is 12.1. The number of nitrogens with zero attached hydrogens (tertiary/aromatic N) is 2. The van der Waals surface area contributed by atoms with Crippen LogP contribution in [0.1, 0.15) is 5.56 Å². The molecule has 0 saturated heterocycles. The minimum Gasteiger partial charge on any atom is -0.467 e. The Bertz CT molecular complexity index is 963. The lowest BCUT2D eigenvalue weighted by Gasteiger charge is -2.11. The molecule has 8 heteroatoms. The summed E-state index contributed by atoms with van der Waals surface area (Å²) in [6.45, 7) is 1.64. The smallest absolute Gasteiger partial charge is 0.262 e. The third-order valence-electron chi connectivity index (χ3n) is 3.43. The van der Waals surface area contributed by atoms with Gasteiger partial charge in [-0.25, -0.2) is 9.97 Å². The number of carbonyl (C=O) groups is 1. The number of hydrogen-bond donors (Lipinski definition) is 1. The van der Waals surface area contributed by atoms with E-state index in [0.29, 0.717) is 31.7 Å². The first-order chi connectivity index (χ1) is 11.9. The lowest BCUT2D eigenvalue weighted by atomic mass is 10.2. The highest BCUT2D eigenvalue weighted by Gasteiger charge is 2.12. The first-order valence-corrected chi connectivity index (χ1v) is 8.36. The molecule has 0 saturated carbocycles. The van der Waals surface area contributed by atoms with Crippen molar-refractivity contribution < 1.29 is 9.53 Å². The Morgan fingerprint density at radius 2 is 1.92 bits per heavy atom. The van der Waals surface area contributed by atoms with Gasteiger partial charge in [-0.15, -0.1) is 0 Å². The molecule has 3 aromatic rings. The van der Waals surface area contributed by atoms with Gasteiger partial charge < -0.3 is 10.1 Å². The largest absolute Gasteiger partial charge is 0.467 e. The Labute approximate surface area is 158 Å². The molecule has 0 atom stereocenters. The van der Waals surface area contributed by atoms with Gasteiger partial charge in [-0.05, 0) is 36.8 Å². The minimum absolute atomic E-state index is 0.229. The molecule has 0 spiro atoms. The maximum absolute atomic E-state index is 12.1. The monoisotopic (exact) mass is 395 g/mol. The van der Waals surface area contributed by atoms with Crippen molar-refractivity contribution in [3.8, 4) is 5.88 Å². The summed E-state index contributed by atoms with van der Waals surface area (Å²) in [6, 6.07) is 8.46. The van der Waals surface area contributed by atoms with E-state index in [1.54, 1.807) is 24.3 Å². The SMILES string of the molecule is Cc1ccc(Cl)cc1NC(=O)COc1ncnc2c(Cl)cc(Cl)cc12. The number of anilines is 1. The summed E-state index contributed by atoms with van der Waals surface area (Å²) in [5.74, 6) is -0.113. The van der Waals surface area contributed by atoms with Crippen LogP contribution in [0.15, 0.2) is 36.7 Å². The maximum Gasteiger partial charge on any atom is 0.262 e. The fourth-order valence-corrected chi connectivity index (χ4v) is 2.95. The molecule has 128 valence electrons. The van der Waals surface area contributed by atoms with Crippen molar-refractivity contribution in [3.05, 3.63) is 57.3 Å². The number of amides is 1. The van der Waals surface area contributed by atoms with Crippen molar-refractivity contribution in [2.45, 2.75) is 6.92 Å². The van der Waals surface area contributed by atoms with Crippen molar-refractivity contribution in [1.82, 2.24) is 9.97 Å². The predicted octanol–water partition coefficient (Wildman–Crippen LogP) is 4.92. The van der Waals surface area contributed by atoms with E-state index in [1.807, 2.05) is 13.0 Å². The van der Waals surface area contributed by atoms with E-state index >= 15 is 0 Å². The molecule has 3 rings (SSSR count). The van der Waals surface area contributed by atoms with Crippen LogP contribution in [0.25, 0.3) is 10.9 Å². The number of halogens is 3. The molecule has 1 N–H and O–H groups in total. The van der Waals surface area contributed by atoms with E-state index in [1.165, 1.54) is 6.33 Å². The van der Waals surface area contributed by atoms with Gasteiger partial charge in [-0.3, -0.25) is 4.79 Å². The van der Waals surface area contributed by atoms with Gasteiger partial charge in [-0.1, -0.05) is 40.9 Å². The van der Waals surface area contributed by atoms with Crippen molar-refractivity contribution in [1.29, 1.82) is 0 Å². The summed E-state index contributed by atoms with van der Waals surface area (Å²) in [5.41, 5.74) is 2.02. The van der Waals surface area contributed by atoms with Gasteiger partial charge >= 0.3 is 0 Å². The number of ether oxygens (including phenoxy) is 1. The predicted molar refractivity (Wildman–Crippen MR) is 99.9 cm³/mol. The Hall–Kier alpha value is -2.08. The molecule has 2 aromatic carbocycles. The van der Waals surface area contributed by atoms with Crippen LogP contribution in [0.4, 0.5) is 5.69 Å². The minimum atomic E-state index is -0.342. The molecule has 1 aromatic heterocycles. The van der Waals surface area contributed by atoms with Gasteiger partial charge in [-0.2, -0.15) is 0 Å². The third-order valence-corrected chi connectivity index (χ3v) is 4.18. The fourth-order valence-electron chi connectivity index (χ4n) is 2.23. The van der Waals surface area contributed by atoms with Crippen LogP contribution >= 0.6 is 34.8 Å². The Morgan fingerprint density at radius 3 is 2.72 bits per heavy atom. The number of rotatable bonds is 4. The molecule has 0 fully saturated rings. The molecule has 1 heterocycles. The van der Waals surface area contributed by atoms with E-state index < -0.39 is 0 Å². The zero-order valence-electron chi connectivity index (χ0n) is 13.0. The number of aromatic nitrogens is 2. The standard InChI is InChI=1S/C17H12Cl3N3O2/c1-9-2-3-10(18)6-14(9)23-15(24)7-25-17-12-4-11(19)5-13(20)16(12)21-8-22-17/h2-6,8H,7H2,1H3,(H,23,24). The quantitative estimate of drug-likeness (QED) is 0.680. The lowest BCUT2D eigenvalue weighted by Crippen LogP contribution is -2.21. The average molecular weight is 397 g/mol. The number of benzene rings is 2. The van der Waals surface area contributed by atoms with Gasteiger partial charge in [0, 0.05) is 15.7 Å². The van der Waals surface area contributed by atoms with Crippen molar-refractivity contribution in [2.24, 2.45) is 0 Å². The Balaban J connectivity index is 1.76. The van der Waals surface area contributed by atoms with Gasteiger partial charge in [0.1, 0.15) is 6.33 Å². The highest BCUT2D eigenvalue weighted by atomic mass is 35.5. The summed E-state index contributed by atoms with van der Waals surface area (Å²) >= 11 is 18.1. The molecule has 5 nitrogen and oxygen atoms in total. The van der Waals surface area contributed by atoms with Crippen molar-refractivity contribution in [2.75, 3.05) is 11.9 Å². The number of hydrogen-bond acceptors (Lipinski definition) is 4. The van der Waals surface area contributed by atoms with Crippen LogP contribution in [0.2, 0.25) is 15.1 Å². The van der Waals surface area contributed by atoms with Crippen molar-refractivity contribution in [3.63, 3.8) is 0 Å². The third kappa shape index (κ3) is 4.12. The van der Waals surface area contributed by atoms with Crippen LogP contribution < -0.4 is 10.1 Å². The van der Waals surface area contributed by atoms with E-state index in [9.17, 15) is 4.79 Å². The lowest BCUT2D eigenvalue weighted by molar-refractivity contribution is -0.118. The van der Waals surface area contributed by atoms with Crippen molar-refractivity contribution >= 4 is 57.3 Å². The normalized spacial score (nSPS) is 10.7. The van der Waals surface area contributed by atoms with Gasteiger partial charge in [0.05, 0.1) is 15.9 Å². The molecule has 0 radical (unpaired) electrons. The average Bonchev–Trinajstić information content (AvgIpc) is 2.56. The number of fused-ring (bicyclic) bond motifs is 1. The van der Waals surface area contributed by atoms with E-state index in [4.69, 9.17) is 39.5 Å². The van der Waals surface area contributed by atoms with Crippen LogP contribution in [0.3, 0.4) is 0 Å². The van der Waals surface area contributed by atoms with Crippen LogP contribution in [0, 0.1) is 6.92 Å². The van der Waals surface area contributed by atoms with Gasteiger partial charge in [0.15, 0.2) is 6.61 Å². The summed E-state index contributed by atoms with van der Waals surface area (Å²) in [6.07, 6.45) is 1.32. The molecule has 0 aliphatic carbocycles. The second-order valence-electron chi connectivity index (χ2n) is 5.26. The van der Waals surface area contributed by atoms with E-state index in [2.05, 4.69) is 15.3 Å². The molecular formula is C17H12Cl3N3O2. The number of aryl methyl sites for hydroxylation is 1. The van der Waals surface area contributed by atoms with Crippen LogP contribution in [0.5, 0.6) is 5.88 Å². The zero-order chi connectivity index (χ0) is 18.0. The number of carbonyl (C=O) groups excluding carboxylic acids is 1. The summed E-state index contributed by atoms with van der Waals surface area (Å²) in [7, 11) is 0. The van der Waals surface area contributed by atoms with Gasteiger partial charge in [0.2, 0.25) is 5.88 Å². The molecule has 0 aliphatic heterocycles. The first-order valence-electron chi connectivity index (χ1n) is 7.22. The van der Waals surface area contributed by atoms with E-state index in [0.717, 1.165) is 5.56 Å². The Morgan fingerprint density at radius 1 is 1.12 bits per heavy atom. The molecular weight excluding hydrogens is 385 g/mol. The Kier molecular flexibility index (Phi) is 5.27. The zero-order valence-corrected chi connectivity index (χ0v) is 15.3. The summed E-state index contributed by atoms with van der Waals surface area (Å²) < 4.78 is 5.52. The van der Waals surface area contributed by atoms with E-state index in [-0.39, 0.29) is 18.4 Å². The molecule has 0 aliphatic rings. The highest BCUT2D eigenvalue weighted by Crippen LogP contribution is 2.30. The topological polar surface area (TPSA) is 64.1 Å². The second-order valence-corrected chi connectivity index (χ2v) is 6.54. The summed E-state index contributed by atoms with van der Waals surface area (Å²) in [5, 5.41) is 4.63. The summed E-state index contributed by atoms with van der Waals surface area (Å²) in [4.78, 5) is 20.3.